The molecule has 4 aliphatic rings. The molecule has 2 aromatic heterocycles. The Morgan fingerprint density at radius 1 is 0.949 bits per heavy atom. The number of unbranched alkanes of at least 4 members (excludes halogenated alkanes) is 3. The highest BCUT2D eigenvalue weighted by Crippen LogP contribution is 2.59. The minimum atomic E-state index is -5.90. The first kappa shape index (κ1) is 56.5. The van der Waals surface area contributed by atoms with Gasteiger partial charge in [-0.2, -0.15) is 8.78 Å². The molecule has 0 spiro atoms. The third kappa shape index (κ3) is 12.8. The molecule has 3 saturated heterocycles. The zero-order valence-corrected chi connectivity index (χ0v) is 45.2. The quantitative estimate of drug-likeness (QED) is 0.0265. The predicted octanol–water partition coefficient (Wildman–Crippen LogP) is 5.75. The van der Waals surface area contributed by atoms with Gasteiger partial charge >= 0.3 is 13.3 Å². The highest BCUT2D eigenvalue weighted by molar-refractivity contribution is 7.52. The normalized spacial score (nSPS) is 19.9. The summed E-state index contributed by atoms with van der Waals surface area (Å²) < 4.78 is 41.4. The van der Waals surface area contributed by atoms with Crippen molar-refractivity contribution in [3.05, 3.63) is 122 Å². The van der Waals surface area contributed by atoms with Crippen LogP contribution < -0.4 is 21.7 Å². The fourth-order valence-electron chi connectivity index (χ4n) is 10.6. The summed E-state index contributed by atoms with van der Waals surface area (Å²) in [6, 6.07) is 14.8. The fraction of sp³-hybridized carbons (Fsp3) is 0.400. The second-order valence-corrected chi connectivity index (χ2v) is 23.7. The number of rotatable bonds is 18. The van der Waals surface area contributed by atoms with Crippen LogP contribution in [0.3, 0.4) is 0 Å². The number of nitrogens with zero attached hydrogens (tertiary/aromatic N) is 4. The van der Waals surface area contributed by atoms with Crippen molar-refractivity contribution in [1.82, 2.24) is 35.6 Å². The summed E-state index contributed by atoms with van der Waals surface area (Å²) in [6.45, 7) is 0.124. The number of primary amides is 1. The highest BCUT2D eigenvalue weighted by atomic mass is 32.1. The molecule has 6 heterocycles. The van der Waals surface area contributed by atoms with Crippen LogP contribution in [0.25, 0.3) is 10.1 Å². The largest absolute Gasteiger partial charge is 0.399 e. The van der Waals surface area contributed by atoms with Crippen LogP contribution in [0.5, 0.6) is 0 Å². The molecule has 19 nitrogen and oxygen atoms in total. The summed E-state index contributed by atoms with van der Waals surface area (Å²) >= 11 is 2.22. The van der Waals surface area contributed by atoms with E-state index in [1.165, 1.54) is 38.2 Å². The summed E-state index contributed by atoms with van der Waals surface area (Å²) in [5.41, 5.74) is 3.74. The molecule has 0 saturated carbocycles. The number of thiophene rings is 1. The first-order chi connectivity index (χ1) is 37.7. The number of nitrogens with one attached hydrogen (secondary N) is 3. The third-order valence-electron chi connectivity index (χ3n) is 14.7. The van der Waals surface area contributed by atoms with Gasteiger partial charge in [0.2, 0.25) is 35.4 Å². The van der Waals surface area contributed by atoms with Crippen LogP contribution in [-0.2, 0) is 52.0 Å². The Bertz CT molecular complexity index is 3340. The van der Waals surface area contributed by atoms with Crippen LogP contribution in [0.1, 0.15) is 136 Å². The van der Waals surface area contributed by atoms with Crippen molar-refractivity contribution >= 4 is 87.6 Å². The number of carbonyl (C=O) groups excluding carboxylic acids is 8. The van der Waals surface area contributed by atoms with Crippen LogP contribution in [-0.4, -0.2) is 114 Å². The highest BCUT2D eigenvalue weighted by Gasteiger charge is 2.51. The van der Waals surface area contributed by atoms with Crippen molar-refractivity contribution in [1.29, 1.82) is 0 Å². The smallest absolute Gasteiger partial charge is 0.370 e. The van der Waals surface area contributed by atoms with E-state index in [9.17, 15) is 61.5 Å². The standard InChI is InChI=1S/C55H57F2N8O11PS2/c56-55(57,77(74,75)76)35-16-21-44-34(27-35)28-45(79-44)51(71)61-41-30-63(48(68)15-8-3-1-2-7-12-33-13-9-14-38-39(33)29-64(53(38)72)42-20-23-47(67)62-49(42)69)25-24-37-17-19-43(65(37)54(41)73)50(70)60-40(18-22-46(58)66)52-59-36(31-78-52)26-32-10-5-4-6-11-32/h4-6,9-11,13-14,16,21,27-28,31,37,40-43H,1-3,8,15,17-20,22-26,29-30H2,(H2,58,66)(H,60,70)(H,61,71)(H,62,67,69)(H2,74,75,76)/t37-,40+,41+,42?,43+/m1/s1. The summed E-state index contributed by atoms with van der Waals surface area (Å²) in [5.74, 6) is 2.42. The molecule has 1 unspecified atom stereocenters. The molecular weight excluding hydrogens is 1080 g/mol. The average molecular weight is 1140 g/mol. The number of imide groups is 1. The number of hydrogen-bond donors (Lipinski definition) is 6. The van der Waals surface area contributed by atoms with E-state index in [0.717, 1.165) is 34.7 Å². The molecule has 0 radical (unpaired) electrons. The number of fused-ring (bicyclic) bond motifs is 3. The van der Waals surface area contributed by atoms with Crippen molar-refractivity contribution in [2.24, 2.45) is 5.73 Å². The summed E-state index contributed by atoms with van der Waals surface area (Å²) in [5, 5.41) is 10.6. The van der Waals surface area contributed by atoms with E-state index in [1.54, 1.807) is 12.1 Å². The van der Waals surface area contributed by atoms with Gasteiger partial charge in [0.1, 0.15) is 23.1 Å². The molecule has 414 valence electrons. The molecular formula is C55H57F2N8O11PS2. The second-order valence-electron chi connectivity index (χ2n) is 20.1. The number of thiazole rings is 1. The lowest BCUT2D eigenvalue weighted by Gasteiger charge is -2.39. The van der Waals surface area contributed by atoms with Crippen LogP contribution in [0.2, 0.25) is 0 Å². The van der Waals surface area contributed by atoms with Crippen LogP contribution in [0.4, 0.5) is 8.78 Å². The van der Waals surface area contributed by atoms with E-state index in [4.69, 9.17) is 10.7 Å². The molecule has 9 rings (SSSR count). The third-order valence-corrected chi connectivity index (χ3v) is 17.8. The van der Waals surface area contributed by atoms with E-state index in [-0.39, 0.29) is 86.1 Å². The first-order valence-electron chi connectivity index (χ1n) is 26.0. The number of piperidine rings is 1. The zero-order valence-electron chi connectivity index (χ0n) is 42.7. The van der Waals surface area contributed by atoms with Crippen molar-refractivity contribution in [3.63, 3.8) is 0 Å². The maximum absolute atomic E-state index is 15.0. The van der Waals surface area contributed by atoms with Crippen LogP contribution in [0, 0.1) is 11.8 Å². The van der Waals surface area contributed by atoms with Gasteiger partial charge < -0.3 is 40.9 Å². The number of carbonyl (C=O) groups is 8. The molecule has 8 amide bonds. The van der Waals surface area contributed by atoms with Gasteiger partial charge in [-0.15, -0.1) is 22.7 Å². The minimum absolute atomic E-state index is 0.0125. The van der Waals surface area contributed by atoms with Gasteiger partial charge in [-0.3, -0.25) is 48.2 Å². The van der Waals surface area contributed by atoms with Crippen molar-refractivity contribution in [2.45, 2.75) is 126 Å². The number of amides is 8. The molecule has 24 heteroatoms. The lowest BCUT2D eigenvalue weighted by molar-refractivity contribution is -0.145. The summed E-state index contributed by atoms with van der Waals surface area (Å²) in [4.78, 5) is 135. The average Bonchev–Trinajstić information content (AvgIpc) is 4.42. The number of aromatic nitrogens is 1. The number of alkyl halides is 2. The van der Waals surface area contributed by atoms with E-state index in [0.29, 0.717) is 71.3 Å². The molecule has 7 N–H and O–H groups in total. The Morgan fingerprint density at radius 2 is 1.75 bits per heavy atom. The maximum Gasteiger partial charge on any atom is 0.399 e. The Balaban J connectivity index is 0.876. The SMILES string of the molecule is NC(=O)CC[C@H](NC(=O)[C@@H]1CC[C@@H]2CCN(C(=O)CCCCCC#Cc3cccc4c3CN(C3CCC(=O)NC3=O)C4=O)C[C@H](NC(=O)c3cc4cc(C(F)(F)P(=O)(O)O)ccc4s3)C(=O)N21)c1nc(Cc2ccccc2)cs1. The number of hydrogen-bond acceptors (Lipinski definition) is 12. The molecule has 3 aromatic carbocycles. The van der Waals surface area contributed by atoms with Crippen molar-refractivity contribution in [2.75, 3.05) is 13.1 Å². The topological polar surface area (TPSA) is 279 Å². The Hall–Kier alpha value is -7.22. The molecule has 5 aromatic rings. The van der Waals surface area contributed by atoms with Gasteiger partial charge in [0.15, 0.2) is 0 Å². The lowest BCUT2D eigenvalue weighted by atomic mass is 10.0. The van der Waals surface area contributed by atoms with Crippen LogP contribution in [0.15, 0.2) is 78.2 Å². The predicted molar refractivity (Wildman–Crippen MR) is 287 cm³/mol. The van der Waals surface area contributed by atoms with Crippen molar-refractivity contribution in [3.8, 4) is 11.8 Å². The van der Waals surface area contributed by atoms with E-state index in [1.807, 2.05) is 41.8 Å². The monoisotopic (exact) mass is 1140 g/mol. The van der Waals surface area contributed by atoms with E-state index >= 15 is 0 Å². The molecule has 79 heavy (non-hydrogen) atoms. The lowest BCUT2D eigenvalue weighted by Crippen LogP contribution is -2.61. The Labute approximate surface area is 460 Å². The van der Waals surface area contributed by atoms with Gasteiger partial charge in [0.25, 0.3) is 11.8 Å². The Kier molecular flexibility index (Phi) is 17.2. The molecule has 3 fully saturated rings. The summed E-state index contributed by atoms with van der Waals surface area (Å²) in [6.07, 6.45) is 4.34. The minimum Gasteiger partial charge on any atom is -0.370 e. The number of halogens is 2. The molecule has 5 atom stereocenters. The second kappa shape index (κ2) is 24.0. The van der Waals surface area contributed by atoms with Crippen molar-refractivity contribution < 1.29 is 61.5 Å². The van der Waals surface area contributed by atoms with Crippen LogP contribution >= 0.6 is 30.3 Å². The molecule has 0 bridgehead atoms. The van der Waals surface area contributed by atoms with E-state index < -0.39 is 78.6 Å². The van der Waals surface area contributed by atoms with Gasteiger partial charge in [-0.1, -0.05) is 60.7 Å². The fourth-order valence-corrected chi connectivity index (χ4v) is 12.9. The molecule has 0 aliphatic carbocycles. The number of benzene rings is 3. The number of nitrogens with two attached hydrogens (primary N) is 1. The van der Waals surface area contributed by atoms with Gasteiger partial charge in [0.05, 0.1) is 16.6 Å². The van der Waals surface area contributed by atoms with Gasteiger partial charge in [-0.25, -0.2) is 4.98 Å². The summed E-state index contributed by atoms with van der Waals surface area (Å²) in [7, 11) is -5.90. The molecule has 4 aliphatic heterocycles. The first-order valence-corrected chi connectivity index (χ1v) is 29.3. The van der Waals surface area contributed by atoms with E-state index in [2.05, 4.69) is 27.8 Å². The van der Waals surface area contributed by atoms with Gasteiger partial charge in [-0.05, 0) is 91.8 Å². The maximum atomic E-state index is 15.0. The van der Waals surface area contributed by atoms with Gasteiger partial charge in [0, 0.05) is 84.6 Å². The Morgan fingerprint density at radius 3 is 2.51 bits per heavy atom. The zero-order chi connectivity index (χ0) is 56.2.